The first-order valence-electron chi connectivity index (χ1n) is 5.05. The van der Waals surface area contributed by atoms with Gasteiger partial charge < -0.3 is 4.57 Å². The quantitative estimate of drug-likeness (QED) is 0.760. The number of rotatable bonds is 2. The van der Waals surface area contributed by atoms with Crippen LogP contribution in [0.2, 0.25) is 0 Å². The fourth-order valence-corrected chi connectivity index (χ4v) is 2.63. The third kappa shape index (κ3) is 1.34. The van der Waals surface area contributed by atoms with Crippen LogP contribution in [0.1, 0.15) is 29.2 Å². The minimum Gasteiger partial charge on any atom is -0.344 e. The lowest BCUT2D eigenvalue weighted by atomic mass is 10.2. The Morgan fingerprint density at radius 2 is 2.20 bits per heavy atom. The Morgan fingerprint density at radius 1 is 1.40 bits per heavy atom. The molecule has 1 aromatic carbocycles. The van der Waals surface area contributed by atoms with E-state index in [1.165, 1.54) is 12.8 Å². The molecule has 1 heterocycles. The van der Waals surface area contributed by atoms with Crippen LogP contribution in [0.4, 0.5) is 0 Å². The maximum Gasteiger partial charge on any atom is 0.152 e. The second-order valence-corrected chi connectivity index (χ2v) is 4.83. The van der Waals surface area contributed by atoms with Crippen molar-refractivity contribution in [1.82, 2.24) is 4.57 Å². The maximum atomic E-state index is 11.0. The van der Waals surface area contributed by atoms with Gasteiger partial charge in [0.1, 0.15) is 0 Å². The lowest BCUT2D eigenvalue weighted by Crippen LogP contribution is -1.89. The molecule has 1 fully saturated rings. The first-order valence-corrected chi connectivity index (χ1v) is 5.85. The summed E-state index contributed by atoms with van der Waals surface area (Å²) in [6, 6.07) is 6.67. The molecule has 1 aliphatic carbocycles. The maximum absolute atomic E-state index is 11.0. The van der Waals surface area contributed by atoms with Gasteiger partial charge in [-0.3, -0.25) is 4.79 Å². The molecule has 15 heavy (non-hydrogen) atoms. The molecule has 0 N–H and O–H groups in total. The average Bonchev–Trinajstić information content (AvgIpc) is 3.00. The third-order valence-electron chi connectivity index (χ3n) is 2.90. The van der Waals surface area contributed by atoms with Gasteiger partial charge in [0.2, 0.25) is 0 Å². The zero-order chi connectivity index (χ0) is 10.4. The van der Waals surface area contributed by atoms with Crippen LogP contribution in [0.3, 0.4) is 0 Å². The Kier molecular flexibility index (Phi) is 1.96. The smallest absolute Gasteiger partial charge is 0.152 e. The molecule has 0 radical (unpaired) electrons. The number of hydrogen-bond donors (Lipinski definition) is 0. The average molecular weight is 264 g/mol. The van der Waals surface area contributed by atoms with E-state index in [-0.39, 0.29) is 0 Å². The first kappa shape index (κ1) is 9.16. The van der Waals surface area contributed by atoms with Gasteiger partial charge in [-0.2, -0.15) is 0 Å². The number of aldehydes is 1. The van der Waals surface area contributed by atoms with Gasteiger partial charge in [-0.05, 0) is 25.0 Å². The SMILES string of the molecule is O=Cc1cn(C2CC2)c2cccc(Br)c12. The van der Waals surface area contributed by atoms with Crippen LogP contribution in [-0.2, 0) is 0 Å². The van der Waals surface area contributed by atoms with Crippen molar-refractivity contribution in [2.24, 2.45) is 0 Å². The Hall–Kier alpha value is -1.09. The van der Waals surface area contributed by atoms with E-state index in [1.807, 2.05) is 18.3 Å². The predicted molar refractivity (Wildman–Crippen MR) is 63.3 cm³/mol. The van der Waals surface area contributed by atoms with Crippen LogP contribution in [-0.4, -0.2) is 10.9 Å². The Morgan fingerprint density at radius 3 is 2.87 bits per heavy atom. The summed E-state index contributed by atoms with van der Waals surface area (Å²) in [6.07, 6.45) is 5.37. The number of benzene rings is 1. The van der Waals surface area contributed by atoms with Gasteiger partial charge in [0.15, 0.2) is 6.29 Å². The van der Waals surface area contributed by atoms with Gasteiger partial charge in [0.05, 0.1) is 5.52 Å². The van der Waals surface area contributed by atoms with E-state index in [0.29, 0.717) is 6.04 Å². The number of nitrogens with zero attached hydrogens (tertiary/aromatic N) is 1. The van der Waals surface area contributed by atoms with E-state index in [9.17, 15) is 4.79 Å². The van der Waals surface area contributed by atoms with E-state index in [1.54, 1.807) is 0 Å². The van der Waals surface area contributed by atoms with Crippen LogP contribution in [0.25, 0.3) is 10.9 Å². The van der Waals surface area contributed by atoms with Crippen molar-refractivity contribution in [3.8, 4) is 0 Å². The highest BCUT2D eigenvalue weighted by Crippen LogP contribution is 2.40. The number of hydrogen-bond acceptors (Lipinski definition) is 1. The van der Waals surface area contributed by atoms with Crippen molar-refractivity contribution in [3.63, 3.8) is 0 Å². The first-order chi connectivity index (χ1) is 7.31. The molecule has 0 amide bonds. The molecule has 0 bridgehead atoms. The van der Waals surface area contributed by atoms with Crippen molar-refractivity contribution in [3.05, 3.63) is 34.4 Å². The Labute approximate surface area is 96.0 Å². The number of fused-ring (bicyclic) bond motifs is 1. The number of aromatic nitrogens is 1. The fourth-order valence-electron chi connectivity index (χ4n) is 2.04. The van der Waals surface area contributed by atoms with E-state index < -0.39 is 0 Å². The monoisotopic (exact) mass is 263 g/mol. The Bertz CT molecular complexity index is 540. The summed E-state index contributed by atoms with van der Waals surface area (Å²) in [6.45, 7) is 0. The molecule has 1 aromatic heterocycles. The highest BCUT2D eigenvalue weighted by molar-refractivity contribution is 9.10. The minimum absolute atomic E-state index is 0.607. The van der Waals surface area contributed by atoms with Crippen LogP contribution in [0, 0.1) is 0 Å². The Balaban J connectivity index is 2.38. The summed E-state index contributed by atoms with van der Waals surface area (Å²) in [5, 5.41) is 1.04. The van der Waals surface area contributed by atoms with E-state index in [4.69, 9.17) is 0 Å². The number of carbonyl (C=O) groups is 1. The zero-order valence-corrected chi connectivity index (χ0v) is 9.70. The van der Waals surface area contributed by atoms with Crippen LogP contribution >= 0.6 is 15.9 Å². The highest BCUT2D eigenvalue weighted by atomic mass is 79.9. The van der Waals surface area contributed by atoms with Crippen LogP contribution < -0.4 is 0 Å². The van der Waals surface area contributed by atoms with E-state index in [2.05, 4.69) is 26.6 Å². The van der Waals surface area contributed by atoms with Crippen molar-refractivity contribution in [2.75, 3.05) is 0 Å². The van der Waals surface area contributed by atoms with Crippen molar-refractivity contribution < 1.29 is 4.79 Å². The second-order valence-electron chi connectivity index (χ2n) is 3.97. The number of halogens is 1. The standard InChI is InChI=1S/C12H10BrNO/c13-10-2-1-3-11-12(10)8(7-15)6-14(11)9-4-5-9/h1-3,6-7,9H,4-5H2. The van der Waals surface area contributed by atoms with Gasteiger partial charge in [0, 0.05) is 27.7 Å². The fraction of sp³-hybridized carbons (Fsp3) is 0.250. The molecule has 3 heteroatoms. The topological polar surface area (TPSA) is 22.0 Å². The molecule has 1 saturated carbocycles. The van der Waals surface area contributed by atoms with Gasteiger partial charge in [-0.15, -0.1) is 0 Å². The molecular weight excluding hydrogens is 254 g/mol. The van der Waals surface area contributed by atoms with Crippen molar-refractivity contribution in [2.45, 2.75) is 18.9 Å². The minimum atomic E-state index is 0.607. The summed E-state index contributed by atoms with van der Waals surface area (Å²) in [4.78, 5) is 11.0. The van der Waals surface area contributed by atoms with Gasteiger partial charge in [-0.1, -0.05) is 22.0 Å². The van der Waals surface area contributed by atoms with E-state index in [0.717, 1.165) is 27.2 Å². The lowest BCUT2D eigenvalue weighted by molar-refractivity contribution is 0.112. The zero-order valence-electron chi connectivity index (χ0n) is 8.11. The van der Waals surface area contributed by atoms with E-state index >= 15 is 0 Å². The van der Waals surface area contributed by atoms with Gasteiger partial charge in [0.25, 0.3) is 0 Å². The summed E-state index contributed by atoms with van der Waals surface area (Å²) in [5.41, 5.74) is 1.94. The summed E-state index contributed by atoms with van der Waals surface area (Å²) in [7, 11) is 0. The second kappa shape index (κ2) is 3.20. The molecule has 0 spiro atoms. The highest BCUT2D eigenvalue weighted by Gasteiger charge is 2.26. The van der Waals surface area contributed by atoms with Crippen LogP contribution in [0.5, 0.6) is 0 Å². The summed E-state index contributed by atoms with van der Waals surface area (Å²) >= 11 is 3.50. The third-order valence-corrected chi connectivity index (χ3v) is 3.56. The molecule has 0 saturated heterocycles. The van der Waals surface area contributed by atoms with Crippen molar-refractivity contribution >= 4 is 33.1 Å². The molecule has 0 aliphatic heterocycles. The summed E-state index contributed by atoms with van der Waals surface area (Å²) in [5.74, 6) is 0. The largest absolute Gasteiger partial charge is 0.344 e. The van der Waals surface area contributed by atoms with Crippen molar-refractivity contribution in [1.29, 1.82) is 0 Å². The molecule has 0 atom stereocenters. The van der Waals surface area contributed by atoms with Gasteiger partial charge >= 0.3 is 0 Å². The summed E-state index contributed by atoms with van der Waals surface area (Å²) < 4.78 is 3.23. The molecule has 76 valence electrons. The molecule has 1 aliphatic rings. The van der Waals surface area contributed by atoms with Gasteiger partial charge in [-0.25, -0.2) is 0 Å². The lowest BCUT2D eigenvalue weighted by Gasteiger charge is -2.01. The normalized spacial score (nSPS) is 15.8. The molecule has 2 aromatic rings. The number of carbonyl (C=O) groups excluding carboxylic acids is 1. The molecule has 0 unspecified atom stereocenters. The molecular formula is C12H10BrNO. The molecule has 3 rings (SSSR count). The predicted octanol–water partition coefficient (Wildman–Crippen LogP) is 3.55. The van der Waals surface area contributed by atoms with Crippen LogP contribution in [0.15, 0.2) is 28.9 Å². The molecule has 2 nitrogen and oxygen atoms in total.